The van der Waals surface area contributed by atoms with Gasteiger partial charge in [-0.25, -0.2) is 8.78 Å². The number of rotatable bonds is 6. The summed E-state index contributed by atoms with van der Waals surface area (Å²) in [6.45, 7) is 4.56. The minimum Gasteiger partial charge on any atom is -0.493 e. The highest BCUT2D eigenvalue weighted by molar-refractivity contribution is 6.07. The van der Waals surface area contributed by atoms with Crippen LogP contribution < -0.4 is 9.47 Å². The molecule has 0 aromatic heterocycles. The molecule has 0 bridgehead atoms. The second kappa shape index (κ2) is 9.64. The predicted octanol–water partition coefficient (Wildman–Crippen LogP) is 3.90. The van der Waals surface area contributed by atoms with Gasteiger partial charge in [0.25, 0.3) is 5.91 Å². The third-order valence-electron chi connectivity index (χ3n) is 6.94. The van der Waals surface area contributed by atoms with E-state index in [1.54, 1.807) is 20.3 Å². The Kier molecular flexibility index (Phi) is 6.78. The van der Waals surface area contributed by atoms with Crippen molar-refractivity contribution in [1.29, 1.82) is 0 Å². The normalized spacial score (nSPS) is 19.9. The van der Waals surface area contributed by atoms with Gasteiger partial charge in [-0.15, -0.1) is 0 Å². The Hall–Kier alpha value is -3.49. The molecule has 0 aliphatic carbocycles. The van der Waals surface area contributed by atoms with E-state index < -0.39 is 34.6 Å². The first-order valence-electron chi connectivity index (χ1n) is 11.5. The molecule has 2 aliphatic heterocycles. The maximum atomic E-state index is 14.1. The maximum Gasteiger partial charge on any atom is 0.259 e. The third-order valence-corrected chi connectivity index (χ3v) is 6.94. The molecular weight excluding hydrogens is 456 g/mol. The molecule has 2 aromatic carbocycles. The Morgan fingerprint density at radius 1 is 1.06 bits per heavy atom. The summed E-state index contributed by atoms with van der Waals surface area (Å²) in [5, 5.41) is 6.70. The number of carbonyl (C=O) groups is 2. The average molecular weight is 486 g/mol. The van der Waals surface area contributed by atoms with E-state index in [1.165, 1.54) is 11.0 Å². The second-order valence-electron chi connectivity index (χ2n) is 9.32. The summed E-state index contributed by atoms with van der Waals surface area (Å²) in [4.78, 5) is 26.4. The van der Waals surface area contributed by atoms with Gasteiger partial charge in [0.05, 0.1) is 26.0 Å². The topological polar surface area (TPSA) is 71.4 Å². The van der Waals surface area contributed by atoms with E-state index in [0.717, 1.165) is 29.7 Å². The van der Waals surface area contributed by atoms with E-state index in [1.807, 2.05) is 31.0 Å². The number of amides is 1. The Morgan fingerprint density at radius 2 is 1.69 bits per heavy atom. The molecule has 0 N–H and O–H groups in total. The minimum atomic E-state index is -0.872. The Bertz CT molecular complexity index is 1140. The lowest BCUT2D eigenvalue weighted by Crippen LogP contribution is -2.50. The van der Waals surface area contributed by atoms with Crippen molar-refractivity contribution < 1.29 is 27.8 Å². The van der Waals surface area contributed by atoms with Gasteiger partial charge in [0.15, 0.2) is 11.5 Å². The van der Waals surface area contributed by atoms with Crippen molar-refractivity contribution >= 4 is 17.9 Å². The van der Waals surface area contributed by atoms with Crippen LogP contribution in [0.5, 0.6) is 11.5 Å². The zero-order valence-corrected chi connectivity index (χ0v) is 20.3. The van der Waals surface area contributed by atoms with Crippen LogP contribution in [0, 0.1) is 17.0 Å². The van der Waals surface area contributed by atoms with E-state index in [9.17, 15) is 18.4 Å². The molecule has 1 amide bonds. The summed E-state index contributed by atoms with van der Waals surface area (Å²) >= 11 is 0. The summed E-state index contributed by atoms with van der Waals surface area (Å²) in [5.41, 5.74) is 0.463. The van der Waals surface area contributed by atoms with Crippen LogP contribution in [0.1, 0.15) is 42.6 Å². The van der Waals surface area contributed by atoms with Gasteiger partial charge in [0, 0.05) is 24.1 Å². The largest absolute Gasteiger partial charge is 0.493 e. The SMILES string of the molecule is COc1ccc(C2=NN(C3CCN(C(=O)c4c(F)cccc4F)CC3)C(C=O)C2(C)C)cc1OC. The van der Waals surface area contributed by atoms with Crippen molar-refractivity contribution in [3.05, 3.63) is 59.2 Å². The van der Waals surface area contributed by atoms with Gasteiger partial charge in [-0.05, 0) is 43.2 Å². The van der Waals surface area contributed by atoms with Crippen LogP contribution in [0.25, 0.3) is 0 Å². The van der Waals surface area contributed by atoms with Crippen LogP contribution in [-0.2, 0) is 4.79 Å². The Balaban J connectivity index is 1.55. The van der Waals surface area contributed by atoms with Crippen LogP contribution in [0.2, 0.25) is 0 Å². The zero-order valence-electron chi connectivity index (χ0n) is 20.3. The van der Waals surface area contributed by atoms with E-state index in [-0.39, 0.29) is 6.04 Å². The quantitative estimate of drug-likeness (QED) is 0.581. The van der Waals surface area contributed by atoms with Gasteiger partial charge in [0.2, 0.25) is 0 Å². The first-order valence-corrected chi connectivity index (χ1v) is 11.5. The van der Waals surface area contributed by atoms with E-state index >= 15 is 0 Å². The number of methoxy groups -OCH3 is 2. The number of hydrogen-bond acceptors (Lipinski definition) is 6. The maximum absolute atomic E-state index is 14.1. The fourth-order valence-electron chi connectivity index (χ4n) is 4.93. The van der Waals surface area contributed by atoms with Crippen molar-refractivity contribution in [2.75, 3.05) is 27.3 Å². The second-order valence-corrected chi connectivity index (χ2v) is 9.32. The fourth-order valence-corrected chi connectivity index (χ4v) is 4.93. The number of nitrogens with zero attached hydrogens (tertiary/aromatic N) is 3. The molecule has 1 fully saturated rings. The van der Waals surface area contributed by atoms with Crippen LogP contribution in [0.4, 0.5) is 8.78 Å². The molecule has 1 saturated heterocycles. The van der Waals surface area contributed by atoms with Crippen molar-refractivity contribution in [3.63, 3.8) is 0 Å². The molecule has 0 spiro atoms. The van der Waals surface area contributed by atoms with Gasteiger partial charge in [-0.2, -0.15) is 5.10 Å². The summed E-state index contributed by atoms with van der Waals surface area (Å²) in [6, 6.07) is 8.32. The van der Waals surface area contributed by atoms with Crippen molar-refractivity contribution in [2.45, 2.75) is 38.8 Å². The fraction of sp³-hybridized carbons (Fsp3) is 0.423. The van der Waals surface area contributed by atoms with Gasteiger partial charge in [-0.1, -0.05) is 19.9 Å². The van der Waals surface area contributed by atoms with Crippen LogP contribution >= 0.6 is 0 Å². The lowest BCUT2D eigenvalue weighted by Gasteiger charge is -2.39. The molecule has 0 radical (unpaired) electrons. The predicted molar refractivity (Wildman–Crippen MR) is 127 cm³/mol. The summed E-state index contributed by atoms with van der Waals surface area (Å²) in [7, 11) is 3.13. The first kappa shape index (κ1) is 24.6. The molecule has 35 heavy (non-hydrogen) atoms. The van der Waals surface area contributed by atoms with Gasteiger partial charge >= 0.3 is 0 Å². The molecular formula is C26H29F2N3O4. The molecule has 2 aliphatic rings. The number of benzene rings is 2. The zero-order chi connectivity index (χ0) is 25.3. The van der Waals surface area contributed by atoms with Crippen molar-refractivity contribution in [3.8, 4) is 11.5 Å². The molecule has 9 heteroatoms. The van der Waals surface area contributed by atoms with E-state index in [0.29, 0.717) is 37.4 Å². The summed E-state index contributed by atoms with van der Waals surface area (Å²) in [6.07, 6.45) is 1.94. The number of piperidine rings is 1. The number of aldehydes is 1. The number of ether oxygens (including phenoxy) is 2. The van der Waals surface area contributed by atoms with Crippen molar-refractivity contribution in [1.82, 2.24) is 9.91 Å². The summed E-state index contributed by atoms with van der Waals surface area (Å²) in [5.74, 6) is -1.24. The van der Waals surface area contributed by atoms with Crippen molar-refractivity contribution in [2.24, 2.45) is 10.5 Å². The standard InChI is InChI=1S/C26H29F2N3O4/c1-26(2)22(15-32)31(29-24(26)16-8-9-20(34-3)21(14-16)35-4)17-10-12-30(13-11-17)25(33)23-18(27)6-5-7-19(23)28/h5-9,14-15,17,22H,10-13H2,1-4H3. The molecule has 1 atom stereocenters. The smallest absolute Gasteiger partial charge is 0.259 e. The van der Waals surface area contributed by atoms with Crippen LogP contribution in [0.15, 0.2) is 41.5 Å². The highest BCUT2D eigenvalue weighted by atomic mass is 19.1. The van der Waals surface area contributed by atoms with Gasteiger partial charge in [0.1, 0.15) is 29.5 Å². The molecule has 186 valence electrons. The third kappa shape index (κ3) is 4.35. The number of hydrazone groups is 1. The van der Waals surface area contributed by atoms with E-state index in [2.05, 4.69) is 0 Å². The molecule has 4 rings (SSSR count). The monoisotopic (exact) mass is 485 g/mol. The van der Waals surface area contributed by atoms with E-state index in [4.69, 9.17) is 14.6 Å². The Morgan fingerprint density at radius 3 is 2.26 bits per heavy atom. The summed E-state index contributed by atoms with van der Waals surface area (Å²) < 4.78 is 39.0. The molecule has 0 saturated carbocycles. The number of likely N-dealkylation sites (tertiary alicyclic amines) is 1. The Labute approximate surface area is 203 Å². The highest BCUT2D eigenvalue weighted by Gasteiger charge is 2.47. The number of carbonyl (C=O) groups excluding carboxylic acids is 2. The molecule has 2 aromatic rings. The molecule has 7 nitrogen and oxygen atoms in total. The van der Waals surface area contributed by atoms with Crippen LogP contribution in [-0.4, -0.2) is 67.2 Å². The molecule has 2 heterocycles. The highest BCUT2D eigenvalue weighted by Crippen LogP contribution is 2.40. The average Bonchev–Trinajstić information content (AvgIpc) is 3.13. The lowest BCUT2D eigenvalue weighted by atomic mass is 9.78. The van der Waals surface area contributed by atoms with Gasteiger partial charge in [-0.3, -0.25) is 9.80 Å². The van der Waals surface area contributed by atoms with Gasteiger partial charge < -0.3 is 19.2 Å². The minimum absolute atomic E-state index is 0.100. The number of halogens is 2. The first-order chi connectivity index (χ1) is 16.7. The molecule has 1 unspecified atom stereocenters. The number of hydrogen-bond donors (Lipinski definition) is 0. The van der Waals surface area contributed by atoms with Crippen LogP contribution in [0.3, 0.4) is 0 Å². The lowest BCUT2D eigenvalue weighted by molar-refractivity contribution is -0.115.